The molecule has 0 radical (unpaired) electrons. The Morgan fingerprint density at radius 1 is 1.29 bits per heavy atom. The minimum atomic E-state index is -0.0601. The van der Waals surface area contributed by atoms with Gasteiger partial charge in [-0.1, -0.05) is 35.5 Å². The quantitative estimate of drug-likeness (QED) is 0.919. The summed E-state index contributed by atoms with van der Waals surface area (Å²) in [5.41, 5.74) is 0.950. The van der Waals surface area contributed by atoms with Gasteiger partial charge < -0.3 is 9.42 Å². The highest BCUT2D eigenvalue weighted by atomic mass is 16.5. The van der Waals surface area contributed by atoms with Gasteiger partial charge in [0.1, 0.15) is 0 Å². The minimum Gasteiger partial charge on any atom is -0.354 e. The standard InChI is InChI=1S/C16H17N3O2/c20-16(19-10-11-6-7-13(19)8-11)17-15-9-14(21-18-15)12-4-2-1-3-5-12/h1-5,9,11,13H,6-8,10H2,(H,17,18,20). The molecule has 2 unspecified atom stereocenters. The smallest absolute Gasteiger partial charge is 0.323 e. The lowest BCUT2D eigenvalue weighted by molar-refractivity contribution is 0.194. The highest BCUT2D eigenvalue weighted by molar-refractivity contribution is 5.89. The number of carbonyl (C=O) groups excluding carboxylic acids is 1. The summed E-state index contributed by atoms with van der Waals surface area (Å²) in [6, 6.07) is 11.9. The first-order valence-corrected chi connectivity index (χ1v) is 7.39. The van der Waals surface area contributed by atoms with Crippen molar-refractivity contribution in [1.82, 2.24) is 10.1 Å². The van der Waals surface area contributed by atoms with Crippen molar-refractivity contribution in [3.05, 3.63) is 36.4 Å². The van der Waals surface area contributed by atoms with Crippen LogP contribution in [0.5, 0.6) is 0 Å². The van der Waals surface area contributed by atoms with Crippen LogP contribution in [0.25, 0.3) is 11.3 Å². The van der Waals surface area contributed by atoms with Crippen LogP contribution < -0.4 is 5.32 Å². The van der Waals surface area contributed by atoms with E-state index >= 15 is 0 Å². The van der Waals surface area contributed by atoms with Crippen LogP contribution in [0.2, 0.25) is 0 Å². The summed E-state index contributed by atoms with van der Waals surface area (Å²) in [7, 11) is 0. The molecule has 1 aliphatic heterocycles. The molecule has 2 aliphatic rings. The molecule has 1 aliphatic carbocycles. The second kappa shape index (κ2) is 4.91. The second-order valence-electron chi connectivity index (χ2n) is 5.86. The summed E-state index contributed by atoms with van der Waals surface area (Å²) in [4.78, 5) is 14.2. The van der Waals surface area contributed by atoms with E-state index in [1.54, 1.807) is 6.07 Å². The van der Waals surface area contributed by atoms with E-state index in [0.29, 0.717) is 23.5 Å². The molecule has 2 amide bonds. The lowest BCUT2D eigenvalue weighted by Gasteiger charge is -2.26. The molecule has 0 spiro atoms. The molecule has 1 aromatic heterocycles. The molecule has 2 atom stereocenters. The molecule has 1 N–H and O–H groups in total. The van der Waals surface area contributed by atoms with E-state index in [1.165, 1.54) is 6.42 Å². The predicted octanol–water partition coefficient (Wildman–Crippen LogP) is 3.36. The fourth-order valence-corrected chi connectivity index (χ4v) is 3.43. The highest BCUT2D eigenvalue weighted by Gasteiger charge is 2.40. The van der Waals surface area contributed by atoms with Gasteiger partial charge in [-0.2, -0.15) is 0 Å². The first-order valence-electron chi connectivity index (χ1n) is 7.39. The van der Waals surface area contributed by atoms with E-state index < -0.39 is 0 Å². The Morgan fingerprint density at radius 3 is 2.86 bits per heavy atom. The van der Waals surface area contributed by atoms with Gasteiger partial charge in [0.05, 0.1) is 0 Å². The zero-order valence-electron chi connectivity index (χ0n) is 11.7. The van der Waals surface area contributed by atoms with E-state index in [0.717, 1.165) is 24.9 Å². The average Bonchev–Trinajstić information content (AvgIpc) is 3.24. The molecule has 5 nitrogen and oxygen atoms in total. The monoisotopic (exact) mass is 283 g/mol. The van der Waals surface area contributed by atoms with Gasteiger partial charge in [0, 0.05) is 24.2 Å². The SMILES string of the molecule is O=C(Nc1cc(-c2ccccc2)on1)N1CC2CCC1C2. The van der Waals surface area contributed by atoms with Crippen molar-refractivity contribution in [1.29, 1.82) is 0 Å². The van der Waals surface area contributed by atoms with E-state index in [1.807, 2.05) is 35.2 Å². The van der Waals surface area contributed by atoms with Crippen molar-refractivity contribution in [3.63, 3.8) is 0 Å². The molecular weight excluding hydrogens is 266 g/mol. The topological polar surface area (TPSA) is 58.4 Å². The Labute approximate surface area is 122 Å². The Balaban J connectivity index is 1.46. The van der Waals surface area contributed by atoms with Crippen molar-refractivity contribution in [2.24, 2.45) is 5.92 Å². The van der Waals surface area contributed by atoms with Gasteiger partial charge >= 0.3 is 6.03 Å². The Morgan fingerprint density at radius 2 is 2.14 bits per heavy atom. The van der Waals surface area contributed by atoms with Gasteiger partial charge in [0.2, 0.25) is 0 Å². The number of fused-ring (bicyclic) bond motifs is 2. The number of urea groups is 1. The zero-order valence-corrected chi connectivity index (χ0v) is 11.7. The number of nitrogens with one attached hydrogen (secondary N) is 1. The normalized spacial score (nSPS) is 23.5. The highest BCUT2D eigenvalue weighted by Crippen LogP contribution is 2.37. The number of hydrogen-bond acceptors (Lipinski definition) is 3. The maximum absolute atomic E-state index is 12.3. The molecule has 108 valence electrons. The zero-order chi connectivity index (χ0) is 14.2. The average molecular weight is 283 g/mol. The van der Waals surface area contributed by atoms with E-state index in [2.05, 4.69) is 10.5 Å². The summed E-state index contributed by atoms with van der Waals surface area (Å²) < 4.78 is 5.29. The Bertz CT molecular complexity index is 653. The molecule has 1 aromatic carbocycles. The number of anilines is 1. The van der Waals surface area contributed by atoms with Crippen molar-refractivity contribution in [2.45, 2.75) is 25.3 Å². The van der Waals surface area contributed by atoms with Gasteiger partial charge in [-0.3, -0.25) is 5.32 Å². The molecule has 1 saturated heterocycles. The van der Waals surface area contributed by atoms with Crippen LogP contribution in [0.15, 0.2) is 40.9 Å². The molecule has 2 bridgehead atoms. The Hall–Kier alpha value is -2.30. The third-order valence-corrected chi connectivity index (χ3v) is 4.47. The lowest BCUT2D eigenvalue weighted by atomic mass is 10.1. The van der Waals surface area contributed by atoms with Crippen LogP contribution in [0.1, 0.15) is 19.3 Å². The Kier molecular flexibility index (Phi) is 2.91. The maximum atomic E-state index is 12.3. The fourth-order valence-electron chi connectivity index (χ4n) is 3.43. The maximum Gasteiger partial charge on any atom is 0.323 e. The fraction of sp³-hybridized carbons (Fsp3) is 0.375. The summed E-state index contributed by atoms with van der Waals surface area (Å²) in [5, 5.41) is 6.77. The molecular formula is C16H17N3O2. The van der Waals surface area contributed by atoms with Crippen LogP contribution in [0.3, 0.4) is 0 Å². The summed E-state index contributed by atoms with van der Waals surface area (Å²) in [6.45, 7) is 0.875. The number of rotatable bonds is 2. The molecule has 21 heavy (non-hydrogen) atoms. The van der Waals surface area contributed by atoms with E-state index in [9.17, 15) is 4.79 Å². The van der Waals surface area contributed by atoms with Crippen LogP contribution in [-0.4, -0.2) is 28.7 Å². The lowest BCUT2D eigenvalue weighted by Crippen LogP contribution is -2.40. The van der Waals surface area contributed by atoms with E-state index in [-0.39, 0.29) is 6.03 Å². The van der Waals surface area contributed by atoms with Gasteiger partial charge in [-0.05, 0) is 25.2 Å². The van der Waals surface area contributed by atoms with Gasteiger partial charge in [-0.25, -0.2) is 4.79 Å². The number of carbonyl (C=O) groups is 1. The van der Waals surface area contributed by atoms with Crippen molar-refractivity contribution >= 4 is 11.8 Å². The largest absolute Gasteiger partial charge is 0.354 e. The number of aromatic nitrogens is 1. The minimum absolute atomic E-state index is 0.0601. The summed E-state index contributed by atoms with van der Waals surface area (Å²) in [6.07, 6.45) is 3.55. The molecule has 5 heteroatoms. The summed E-state index contributed by atoms with van der Waals surface area (Å²) >= 11 is 0. The molecule has 2 aromatic rings. The number of piperidine rings is 1. The van der Waals surface area contributed by atoms with Gasteiger partial charge in [0.15, 0.2) is 11.6 Å². The van der Waals surface area contributed by atoms with Crippen LogP contribution >= 0.6 is 0 Å². The van der Waals surface area contributed by atoms with Gasteiger partial charge in [0.25, 0.3) is 0 Å². The second-order valence-corrected chi connectivity index (χ2v) is 5.86. The third kappa shape index (κ3) is 2.28. The van der Waals surface area contributed by atoms with Crippen LogP contribution in [0.4, 0.5) is 10.6 Å². The van der Waals surface area contributed by atoms with Crippen LogP contribution in [0, 0.1) is 5.92 Å². The van der Waals surface area contributed by atoms with Crippen molar-refractivity contribution < 1.29 is 9.32 Å². The summed E-state index contributed by atoms with van der Waals surface area (Å²) in [5.74, 6) is 1.83. The number of hydrogen-bond donors (Lipinski definition) is 1. The molecule has 2 heterocycles. The molecule has 2 fully saturated rings. The van der Waals surface area contributed by atoms with Crippen molar-refractivity contribution in [2.75, 3.05) is 11.9 Å². The van der Waals surface area contributed by atoms with E-state index in [4.69, 9.17) is 4.52 Å². The number of benzene rings is 1. The third-order valence-electron chi connectivity index (χ3n) is 4.47. The first kappa shape index (κ1) is 12.4. The molecule has 4 rings (SSSR count). The first-order chi connectivity index (χ1) is 10.3. The number of amides is 2. The predicted molar refractivity (Wildman–Crippen MR) is 78.8 cm³/mol. The van der Waals surface area contributed by atoms with Gasteiger partial charge in [-0.15, -0.1) is 0 Å². The van der Waals surface area contributed by atoms with Crippen molar-refractivity contribution in [3.8, 4) is 11.3 Å². The number of likely N-dealkylation sites (tertiary alicyclic amines) is 1. The number of nitrogens with zero attached hydrogens (tertiary/aromatic N) is 2. The molecule has 1 saturated carbocycles. The van der Waals surface area contributed by atoms with Crippen LogP contribution in [-0.2, 0) is 0 Å².